The number of carbonyl (C=O) groups is 1. The molecule has 15 heteroatoms. The van der Waals surface area contributed by atoms with Crippen LogP contribution in [0.2, 0.25) is 0 Å². The molecule has 1 spiro atoms. The van der Waals surface area contributed by atoms with Crippen molar-refractivity contribution in [3.8, 4) is 5.88 Å². The molecule has 2 fully saturated rings. The topological polar surface area (TPSA) is 151 Å². The molecule has 0 radical (unpaired) electrons. The second kappa shape index (κ2) is 15.6. The number of likely N-dealkylation sites (tertiary alicyclic amines) is 1. The van der Waals surface area contributed by atoms with Gasteiger partial charge in [0.15, 0.2) is 5.65 Å². The minimum absolute atomic E-state index is 0. The van der Waals surface area contributed by atoms with Crippen LogP contribution in [-0.2, 0) is 26.1 Å². The molecule has 1 aromatic carbocycles. The molecule has 0 bridgehead atoms. The number of benzene rings is 1. The third kappa shape index (κ3) is 7.82. The number of fused-ring (bicyclic) bond motifs is 2. The average molecular weight is 794 g/mol. The average Bonchev–Trinajstić information content (AvgIpc) is 3.76. The predicted octanol–water partition coefficient (Wildman–Crippen LogP) is 5.74. The van der Waals surface area contributed by atoms with Gasteiger partial charge in [-0.2, -0.15) is 22.8 Å². The smallest absolute Gasteiger partial charge is 0.310 e. The first-order valence-corrected chi connectivity index (χ1v) is 20.4. The van der Waals surface area contributed by atoms with Crippen LogP contribution in [0.5, 0.6) is 5.88 Å². The maximum Gasteiger partial charge on any atom is 0.310 e. The molecule has 55 heavy (non-hydrogen) atoms. The van der Waals surface area contributed by atoms with Crippen LogP contribution in [0.4, 0.5) is 5.82 Å². The normalized spacial score (nSPS) is 19.6. The summed E-state index contributed by atoms with van der Waals surface area (Å²) in [5, 5.41) is 22.7. The van der Waals surface area contributed by atoms with E-state index in [4.69, 9.17) is 14.5 Å². The SMILES string of the molecule is Cc1ccc([C@H](c2ccn3c(C)nnc3c2C)C(C)(C)C(=O)O)cc1CN1CC2(CCOCC2)Oc2nc(N[C@@H](C)CN3CCCC3)c(C)cc2S1(=O)=O.S. The van der Waals surface area contributed by atoms with Crippen molar-refractivity contribution in [3.05, 3.63) is 75.7 Å². The van der Waals surface area contributed by atoms with Crippen LogP contribution < -0.4 is 10.1 Å². The van der Waals surface area contributed by atoms with Gasteiger partial charge in [0.2, 0.25) is 15.9 Å². The lowest BCUT2D eigenvalue weighted by Crippen LogP contribution is -2.50. The summed E-state index contributed by atoms with van der Waals surface area (Å²) >= 11 is 0. The number of ether oxygens (including phenoxy) is 2. The van der Waals surface area contributed by atoms with Gasteiger partial charge in [-0.25, -0.2) is 8.42 Å². The summed E-state index contributed by atoms with van der Waals surface area (Å²) in [6, 6.07) is 9.63. The molecule has 3 aromatic heterocycles. The standard InChI is InChI=1S/C40H53N7O6S.H2S/c1-25-10-11-30(34(39(6,7)38(48)49)32-12-17-47-29(5)43-44-36(47)28(32)4)21-31(25)23-46-24-40(13-18-52-19-14-40)53-37-33(54(46,50)51)20-26(2)35(42-37)41-27(3)22-45-15-8-9-16-45;/h10-12,17,20-21,27,34H,8-9,13-16,18-19,22-24H2,1-7H3,(H,41,42)(H,48,49);1H2/t27-,34+;/m0./s1. The first-order chi connectivity index (χ1) is 25.6. The number of anilines is 1. The zero-order valence-corrected chi connectivity index (χ0v) is 34.8. The number of sulfonamides is 1. The van der Waals surface area contributed by atoms with Crippen molar-refractivity contribution in [1.82, 2.24) is 28.8 Å². The van der Waals surface area contributed by atoms with E-state index in [2.05, 4.69) is 27.3 Å². The quantitative estimate of drug-likeness (QED) is 0.202. The van der Waals surface area contributed by atoms with Crippen LogP contribution in [-0.4, -0.2) is 99.3 Å². The Balaban J connectivity index is 0.00000514. The monoisotopic (exact) mass is 793 g/mol. The molecule has 0 saturated carbocycles. The summed E-state index contributed by atoms with van der Waals surface area (Å²) < 4.78 is 45.5. The number of aromatic nitrogens is 4. The van der Waals surface area contributed by atoms with Crippen molar-refractivity contribution in [3.63, 3.8) is 0 Å². The van der Waals surface area contributed by atoms with Crippen molar-refractivity contribution in [2.75, 3.05) is 44.7 Å². The molecular formula is C40H55N7O6S2. The Morgan fingerprint density at radius 2 is 1.75 bits per heavy atom. The summed E-state index contributed by atoms with van der Waals surface area (Å²) in [6.45, 7) is 17.4. The Kier molecular flexibility index (Phi) is 11.6. The van der Waals surface area contributed by atoms with Crippen LogP contribution in [0, 0.1) is 33.1 Å². The molecule has 3 aliphatic rings. The molecule has 13 nitrogen and oxygen atoms in total. The van der Waals surface area contributed by atoms with Crippen LogP contribution >= 0.6 is 13.5 Å². The zero-order chi connectivity index (χ0) is 38.6. The van der Waals surface area contributed by atoms with Gasteiger partial charge in [0, 0.05) is 44.1 Å². The lowest BCUT2D eigenvalue weighted by atomic mass is 9.70. The largest absolute Gasteiger partial charge is 0.481 e. The van der Waals surface area contributed by atoms with E-state index in [1.54, 1.807) is 19.9 Å². The number of pyridine rings is 2. The summed E-state index contributed by atoms with van der Waals surface area (Å²) in [5.74, 6) is -0.0450. The fourth-order valence-corrected chi connectivity index (χ4v) is 10.0. The van der Waals surface area contributed by atoms with E-state index in [1.165, 1.54) is 17.1 Å². The maximum absolute atomic E-state index is 14.8. The van der Waals surface area contributed by atoms with Crippen molar-refractivity contribution >= 4 is 41.0 Å². The Hall–Kier alpha value is -3.76. The van der Waals surface area contributed by atoms with Crippen LogP contribution in [0.15, 0.2) is 41.4 Å². The highest BCUT2D eigenvalue weighted by atomic mass is 32.2. The molecule has 7 rings (SSSR count). The maximum atomic E-state index is 14.8. The van der Waals surface area contributed by atoms with E-state index in [0.29, 0.717) is 37.5 Å². The molecule has 0 aliphatic carbocycles. The minimum Gasteiger partial charge on any atom is -0.481 e. The fourth-order valence-electron chi connectivity index (χ4n) is 8.40. The third-order valence-electron chi connectivity index (χ3n) is 11.7. The van der Waals surface area contributed by atoms with Gasteiger partial charge in [-0.15, -0.1) is 10.2 Å². The van der Waals surface area contributed by atoms with Gasteiger partial charge in [0.1, 0.15) is 22.1 Å². The van der Waals surface area contributed by atoms with Gasteiger partial charge in [0.05, 0.1) is 25.2 Å². The van der Waals surface area contributed by atoms with E-state index >= 15 is 0 Å². The number of nitrogens with zero attached hydrogens (tertiary/aromatic N) is 6. The van der Waals surface area contributed by atoms with E-state index in [-0.39, 0.29) is 43.4 Å². The molecule has 3 aliphatic heterocycles. The molecule has 0 unspecified atom stereocenters. The van der Waals surface area contributed by atoms with Gasteiger partial charge >= 0.3 is 5.97 Å². The van der Waals surface area contributed by atoms with Crippen molar-refractivity contribution in [2.24, 2.45) is 5.41 Å². The molecule has 2 N–H and O–H groups in total. The molecule has 4 aromatic rings. The molecule has 298 valence electrons. The highest BCUT2D eigenvalue weighted by molar-refractivity contribution is 7.89. The Bertz CT molecular complexity index is 2180. The van der Waals surface area contributed by atoms with Crippen molar-refractivity contribution < 1.29 is 27.8 Å². The third-order valence-corrected chi connectivity index (χ3v) is 13.5. The van der Waals surface area contributed by atoms with Gasteiger partial charge in [-0.1, -0.05) is 18.2 Å². The number of carboxylic acid groups (broad SMARTS) is 1. The molecule has 0 amide bonds. The molecule has 6 heterocycles. The Morgan fingerprint density at radius 3 is 2.44 bits per heavy atom. The summed E-state index contributed by atoms with van der Waals surface area (Å²) in [7, 11) is -4.09. The van der Waals surface area contributed by atoms with Crippen molar-refractivity contribution in [1.29, 1.82) is 0 Å². The fraction of sp³-hybridized carbons (Fsp3) is 0.550. The van der Waals surface area contributed by atoms with Gasteiger partial charge in [0.25, 0.3) is 0 Å². The van der Waals surface area contributed by atoms with Gasteiger partial charge in [-0.3, -0.25) is 9.20 Å². The zero-order valence-electron chi connectivity index (χ0n) is 33.0. The molecule has 2 saturated heterocycles. The summed E-state index contributed by atoms with van der Waals surface area (Å²) in [4.78, 5) is 20.3. The van der Waals surface area contributed by atoms with Crippen LogP contribution in [0.25, 0.3) is 5.65 Å². The predicted molar refractivity (Wildman–Crippen MR) is 216 cm³/mol. The number of hydrogen-bond donors (Lipinski definition) is 2. The summed E-state index contributed by atoms with van der Waals surface area (Å²) in [5.41, 5.74) is 3.45. The number of hydrogen-bond acceptors (Lipinski definition) is 10. The lowest BCUT2D eigenvalue weighted by molar-refractivity contribution is -0.147. The first kappa shape index (κ1) is 40.9. The van der Waals surface area contributed by atoms with E-state index in [1.807, 2.05) is 62.6 Å². The summed E-state index contributed by atoms with van der Waals surface area (Å²) in [6.07, 6.45) is 5.33. The highest BCUT2D eigenvalue weighted by Gasteiger charge is 2.46. The first-order valence-electron chi connectivity index (χ1n) is 19.0. The van der Waals surface area contributed by atoms with E-state index in [0.717, 1.165) is 58.8 Å². The Labute approximate surface area is 331 Å². The minimum atomic E-state index is -4.09. The van der Waals surface area contributed by atoms with Crippen LogP contribution in [0.3, 0.4) is 0 Å². The highest BCUT2D eigenvalue weighted by Crippen LogP contribution is 2.45. The van der Waals surface area contributed by atoms with E-state index < -0.39 is 32.9 Å². The number of rotatable bonds is 10. The number of carboxylic acids is 1. The Morgan fingerprint density at radius 1 is 1.04 bits per heavy atom. The van der Waals surface area contributed by atoms with E-state index in [9.17, 15) is 18.3 Å². The van der Waals surface area contributed by atoms with Gasteiger partial charge in [-0.05, 0) is 120 Å². The van der Waals surface area contributed by atoms with Crippen molar-refractivity contribution in [2.45, 2.75) is 103 Å². The number of aliphatic carboxylic acids is 1. The second-order valence-corrected chi connectivity index (χ2v) is 18.1. The van der Waals surface area contributed by atoms with Crippen LogP contribution in [0.1, 0.15) is 91.6 Å². The molecular weight excluding hydrogens is 739 g/mol. The number of nitrogens with one attached hydrogen (secondary N) is 1. The van der Waals surface area contributed by atoms with Gasteiger partial charge < -0.3 is 24.8 Å². The second-order valence-electron chi connectivity index (χ2n) is 16.2. The molecule has 2 atom stereocenters. The number of aryl methyl sites for hydroxylation is 4. The lowest BCUT2D eigenvalue weighted by Gasteiger charge is -2.38.